The number of hydrogen-bond acceptors (Lipinski definition) is 4. The summed E-state index contributed by atoms with van der Waals surface area (Å²) in [6.45, 7) is 6.35. The van der Waals surface area contributed by atoms with Crippen LogP contribution in [-0.2, 0) is 0 Å². The molecule has 0 spiro atoms. The predicted octanol–water partition coefficient (Wildman–Crippen LogP) is 12.9. The number of hydrogen-bond donors (Lipinski definition) is 0. The van der Waals surface area contributed by atoms with Crippen molar-refractivity contribution in [1.29, 1.82) is 0 Å². The molecule has 3 aliphatic rings. The number of nitrogens with zero attached hydrogens (tertiary/aromatic N) is 4. The Kier molecular flexibility index (Phi) is 10.5. The number of benzene rings is 6. The van der Waals surface area contributed by atoms with Gasteiger partial charge < -0.3 is 0 Å². The lowest BCUT2D eigenvalue weighted by Gasteiger charge is -2.30. The van der Waals surface area contributed by atoms with Crippen molar-refractivity contribution in [3.63, 3.8) is 0 Å². The molecule has 0 N–H and O–H groups in total. The van der Waals surface area contributed by atoms with Gasteiger partial charge in [0.25, 0.3) is 0 Å². The van der Waals surface area contributed by atoms with Gasteiger partial charge in [0.2, 0.25) is 0 Å². The highest BCUT2D eigenvalue weighted by atomic mass is 15.0. The van der Waals surface area contributed by atoms with E-state index in [9.17, 15) is 0 Å². The average molecular weight is 749 g/mol. The second kappa shape index (κ2) is 16.6. The van der Waals surface area contributed by atoms with E-state index in [1.54, 1.807) is 0 Å². The highest BCUT2D eigenvalue weighted by molar-refractivity contribution is 6.15. The Balaban J connectivity index is 1.13. The Morgan fingerprint density at radius 1 is 0.638 bits per heavy atom. The number of fused-ring (bicyclic) bond motifs is 2. The van der Waals surface area contributed by atoms with Gasteiger partial charge in [0.05, 0.1) is 17.8 Å². The van der Waals surface area contributed by atoms with Gasteiger partial charge in [-0.2, -0.15) is 0 Å². The lowest BCUT2D eigenvalue weighted by Crippen LogP contribution is -2.28. The normalized spacial score (nSPS) is 20.1. The summed E-state index contributed by atoms with van der Waals surface area (Å²) in [5.41, 5.74) is 10.9. The first-order valence-corrected chi connectivity index (χ1v) is 20.1. The van der Waals surface area contributed by atoms with Gasteiger partial charge in [0.1, 0.15) is 0 Å². The molecule has 0 amide bonds. The Hall–Kier alpha value is -7.04. The van der Waals surface area contributed by atoms with Gasteiger partial charge in [0.15, 0.2) is 11.7 Å². The summed E-state index contributed by atoms with van der Waals surface area (Å²) >= 11 is 0. The van der Waals surface area contributed by atoms with Crippen molar-refractivity contribution in [2.45, 2.75) is 25.4 Å². The van der Waals surface area contributed by atoms with E-state index in [2.05, 4.69) is 196 Å². The fraction of sp³-hybridized carbons (Fsp3) is 0.111. The molecular formula is C54H44N4. The van der Waals surface area contributed by atoms with Crippen molar-refractivity contribution in [1.82, 2.24) is 0 Å². The summed E-state index contributed by atoms with van der Waals surface area (Å²) in [4.78, 5) is 20.4. The van der Waals surface area contributed by atoms with Crippen LogP contribution in [0.1, 0.15) is 41.6 Å². The lowest BCUT2D eigenvalue weighted by atomic mass is 9.82. The molecule has 1 aliphatic carbocycles. The molecular weight excluding hydrogens is 705 g/mol. The van der Waals surface area contributed by atoms with E-state index in [0.29, 0.717) is 5.84 Å². The van der Waals surface area contributed by atoms with E-state index < -0.39 is 0 Å². The Morgan fingerprint density at radius 2 is 1.33 bits per heavy atom. The molecule has 2 heterocycles. The van der Waals surface area contributed by atoms with Crippen molar-refractivity contribution in [3.05, 3.63) is 223 Å². The first-order chi connectivity index (χ1) is 28.6. The highest BCUT2D eigenvalue weighted by Crippen LogP contribution is 2.38. The Morgan fingerprint density at radius 3 is 2.10 bits per heavy atom. The fourth-order valence-electron chi connectivity index (χ4n) is 8.12. The number of amidine groups is 2. The number of rotatable bonds is 10. The Labute approximate surface area is 341 Å². The molecule has 0 aromatic heterocycles. The van der Waals surface area contributed by atoms with E-state index in [4.69, 9.17) is 20.0 Å². The lowest BCUT2D eigenvalue weighted by molar-refractivity contribution is 0.532. The molecule has 9 rings (SSSR count). The van der Waals surface area contributed by atoms with E-state index in [1.165, 1.54) is 27.5 Å². The summed E-state index contributed by atoms with van der Waals surface area (Å²) in [6.07, 6.45) is 19.4. The monoisotopic (exact) mass is 748 g/mol. The first-order valence-electron chi connectivity index (χ1n) is 20.1. The molecule has 4 heteroatoms. The van der Waals surface area contributed by atoms with E-state index in [-0.39, 0.29) is 23.9 Å². The molecule has 4 nitrogen and oxygen atoms in total. The van der Waals surface area contributed by atoms with Crippen LogP contribution in [-0.4, -0.2) is 29.6 Å². The zero-order valence-corrected chi connectivity index (χ0v) is 32.6. The summed E-state index contributed by atoms with van der Waals surface area (Å²) in [5.74, 6) is 1.74. The average Bonchev–Trinajstić information content (AvgIpc) is 3.30. The topological polar surface area (TPSA) is 49.4 Å². The van der Waals surface area contributed by atoms with Crippen LogP contribution in [0.3, 0.4) is 0 Å². The minimum Gasteiger partial charge on any atom is -0.258 e. The van der Waals surface area contributed by atoms with E-state index >= 15 is 0 Å². The zero-order valence-electron chi connectivity index (χ0n) is 32.6. The quantitative estimate of drug-likeness (QED) is 0.125. The summed E-state index contributed by atoms with van der Waals surface area (Å²) in [7, 11) is 0. The van der Waals surface area contributed by atoms with Gasteiger partial charge in [0, 0.05) is 29.2 Å². The van der Waals surface area contributed by atoms with Gasteiger partial charge in [-0.25, -0.2) is 9.98 Å². The van der Waals surface area contributed by atoms with Crippen LogP contribution in [0, 0.1) is 11.8 Å². The van der Waals surface area contributed by atoms with Crippen molar-refractivity contribution in [2.75, 3.05) is 0 Å². The highest BCUT2D eigenvalue weighted by Gasteiger charge is 2.32. The van der Waals surface area contributed by atoms with Gasteiger partial charge >= 0.3 is 0 Å². The van der Waals surface area contributed by atoms with Crippen LogP contribution in [0.25, 0.3) is 39.1 Å². The maximum absolute atomic E-state index is 5.40. The van der Waals surface area contributed by atoms with Crippen molar-refractivity contribution >= 4 is 40.4 Å². The van der Waals surface area contributed by atoms with E-state index in [0.717, 1.165) is 51.4 Å². The minimum atomic E-state index is -0.0678. The smallest absolute Gasteiger partial charge is 0.155 e. The second-order valence-corrected chi connectivity index (χ2v) is 14.9. The van der Waals surface area contributed by atoms with E-state index in [1.807, 2.05) is 18.4 Å². The standard InChI is InChI=1S/C54H44N4/c1-3-38(53-55-36-46-23-13-14-25-50(46)56-53)24-15-16-37-32-47(41-28-26-40(27-29-41)45-31-30-39-17-11-12-22-44(39)34-45)35-48(33-37)52-49(4-2)51(42-18-7-5-8-19-42)57-54(58-52)43-20-9-6-10-21-43/h3,5-36,46,49-51H,1,4H2,2H3/b16-15+,38-24+. The summed E-state index contributed by atoms with van der Waals surface area (Å²) in [5, 5.41) is 2.48. The molecule has 0 saturated carbocycles. The first kappa shape index (κ1) is 36.6. The third kappa shape index (κ3) is 7.70. The van der Waals surface area contributed by atoms with Crippen LogP contribution in [0.4, 0.5) is 0 Å². The summed E-state index contributed by atoms with van der Waals surface area (Å²) < 4.78 is 0. The molecule has 4 unspecified atom stereocenters. The van der Waals surface area contributed by atoms with Crippen LogP contribution in [0.2, 0.25) is 0 Å². The third-order valence-electron chi connectivity index (χ3n) is 11.2. The van der Waals surface area contributed by atoms with Crippen LogP contribution in [0.5, 0.6) is 0 Å². The van der Waals surface area contributed by atoms with Crippen LogP contribution >= 0.6 is 0 Å². The molecule has 280 valence electrons. The molecule has 0 radical (unpaired) electrons. The number of aliphatic imine (C=N–C) groups is 4. The van der Waals surface area contributed by atoms with Crippen molar-refractivity contribution in [3.8, 4) is 22.3 Å². The fourth-order valence-corrected chi connectivity index (χ4v) is 8.12. The molecule has 4 atom stereocenters. The zero-order chi connectivity index (χ0) is 39.3. The maximum atomic E-state index is 5.40. The number of allylic oxidation sites excluding steroid dienone is 4. The van der Waals surface area contributed by atoms with Gasteiger partial charge in [-0.3, -0.25) is 9.98 Å². The molecule has 6 aromatic rings. The molecule has 0 bridgehead atoms. The minimum absolute atomic E-state index is 0.0588. The van der Waals surface area contributed by atoms with Crippen LogP contribution < -0.4 is 0 Å². The largest absolute Gasteiger partial charge is 0.258 e. The summed E-state index contributed by atoms with van der Waals surface area (Å²) in [6, 6.07) is 51.9. The van der Waals surface area contributed by atoms with Gasteiger partial charge in [-0.1, -0.05) is 183 Å². The molecule has 2 aliphatic heterocycles. The molecule has 6 aromatic carbocycles. The van der Waals surface area contributed by atoms with Gasteiger partial charge in [-0.05, 0) is 80.4 Å². The maximum Gasteiger partial charge on any atom is 0.155 e. The molecule has 0 fully saturated rings. The predicted molar refractivity (Wildman–Crippen MR) is 246 cm³/mol. The second-order valence-electron chi connectivity index (χ2n) is 14.9. The van der Waals surface area contributed by atoms with Crippen LogP contribution in [0.15, 0.2) is 220 Å². The van der Waals surface area contributed by atoms with Crippen molar-refractivity contribution < 1.29 is 0 Å². The molecule has 58 heavy (non-hydrogen) atoms. The SMILES string of the molecule is C=C/C(=C\C=C\c1cc(C2=NC(c3ccccc3)=NC(c3ccccc3)C2CC)cc(-c2ccc(-c3ccc4ccccc4c3)cc2)c1)C1=NC2C=CC=CC2C=N1. The molecule has 0 saturated heterocycles. The van der Waals surface area contributed by atoms with Gasteiger partial charge in [-0.15, -0.1) is 0 Å². The third-order valence-corrected chi connectivity index (χ3v) is 11.2. The van der Waals surface area contributed by atoms with Crippen molar-refractivity contribution in [2.24, 2.45) is 31.8 Å². The Bertz CT molecular complexity index is 2730.